The molecule has 0 saturated carbocycles. The fourth-order valence-corrected chi connectivity index (χ4v) is 4.45. The third-order valence-corrected chi connectivity index (χ3v) is 6.37. The average molecular weight is 486 g/mol. The first-order valence-electron chi connectivity index (χ1n) is 12.1. The Labute approximate surface area is 211 Å². The van der Waals surface area contributed by atoms with Gasteiger partial charge < -0.3 is 20.2 Å². The van der Waals surface area contributed by atoms with E-state index in [1.54, 1.807) is 4.90 Å². The standard InChI is InChI=1S/C29H31N3O4/c1-36-31-25-18-26(16-17-28(34)30-19-27(33)23-10-6-3-7-11-23)32(20-25)29(35)24-14-12-22(13-15-24)21-8-4-2-5-9-21/h2-15,26-27,33H,16-20H2,1H3,(H,30,34)/t26?,27-/m1/s1. The molecule has 2 N–H and O–H groups in total. The number of hydrogen-bond acceptors (Lipinski definition) is 5. The van der Waals surface area contributed by atoms with Gasteiger partial charge in [0.2, 0.25) is 5.91 Å². The van der Waals surface area contributed by atoms with E-state index >= 15 is 0 Å². The molecule has 36 heavy (non-hydrogen) atoms. The predicted octanol–water partition coefficient (Wildman–Crippen LogP) is 4.20. The Balaban J connectivity index is 1.37. The molecule has 7 heteroatoms. The molecule has 0 spiro atoms. The molecule has 0 radical (unpaired) electrons. The minimum absolute atomic E-state index is 0.0965. The number of aliphatic hydroxyl groups is 1. The van der Waals surface area contributed by atoms with Crippen LogP contribution in [0.4, 0.5) is 0 Å². The molecule has 4 rings (SSSR count). The lowest BCUT2D eigenvalue weighted by molar-refractivity contribution is -0.121. The number of oxime groups is 1. The molecule has 3 aromatic rings. The highest BCUT2D eigenvalue weighted by atomic mass is 16.6. The van der Waals surface area contributed by atoms with E-state index in [1.807, 2.05) is 84.9 Å². The summed E-state index contributed by atoms with van der Waals surface area (Å²) in [5, 5.41) is 17.1. The van der Waals surface area contributed by atoms with Crippen LogP contribution in [0.25, 0.3) is 11.1 Å². The molecule has 1 aliphatic heterocycles. The van der Waals surface area contributed by atoms with E-state index in [2.05, 4.69) is 10.5 Å². The zero-order valence-corrected chi connectivity index (χ0v) is 20.3. The molecule has 3 aromatic carbocycles. The summed E-state index contributed by atoms with van der Waals surface area (Å²) < 4.78 is 0. The van der Waals surface area contributed by atoms with Crippen LogP contribution >= 0.6 is 0 Å². The number of nitrogens with one attached hydrogen (secondary N) is 1. The molecule has 2 atom stereocenters. The SMILES string of the molecule is CON=C1CC(CCC(=O)NC[C@@H](O)c2ccccc2)N(C(=O)c2ccc(-c3ccccc3)cc2)C1. The van der Waals surface area contributed by atoms with E-state index in [9.17, 15) is 14.7 Å². The summed E-state index contributed by atoms with van der Waals surface area (Å²) in [6.45, 7) is 0.506. The smallest absolute Gasteiger partial charge is 0.254 e. The fourth-order valence-electron chi connectivity index (χ4n) is 4.45. The molecule has 0 aromatic heterocycles. The van der Waals surface area contributed by atoms with Gasteiger partial charge in [0.05, 0.1) is 18.4 Å². The number of aliphatic hydroxyl groups excluding tert-OH is 1. The number of rotatable bonds is 9. The second-order valence-electron chi connectivity index (χ2n) is 8.84. The molecule has 0 bridgehead atoms. The zero-order chi connectivity index (χ0) is 25.3. The third kappa shape index (κ3) is 6.37. The van der Waals surface area contributed by atoms with Crippen molar-refractivity contribution >= 4 is 17.5 Å². The van der Waals surface area contributed by atoms with Gasteiger partial charge in [-0.05, 0) is 35.2 Å². The fraction of sp³-hybridized carbons (Fsp3) is 0.276. The second-order valence-corrected chi connectivity index (χ2v) is 8.84. The summed E-state index contributed by atoms with van der Waals surface area (Å²) in [6.07, 6.45) is 0.521. The van der Waals surface area contributed by atoms with Crippen molar-refractivity contribution in [2.24, 2.45) is 5.16 Å². The molecule has 1 aliphatic rings. The van der Waals surface area contributed by atoms with Crippen LogP contribution in [-0.4, -0.2) is 53.8 Å². The maximum Gasteiger partial charge on any atom is 0.254 e. The Bertz CT molecular complexity index is 1180. The van der Waals surface area contributed by atoms with Crippen LogP contribution in [0.1, 0.15) is 41.3 Å². The molecule has 1 saturated heterocycles. The van der Waals surface area contributed by atoms with E-state index in [0.29, 0.717) is 24.9 Å². The largest absolute Gasteiger partial charge is 0.399 e. The number of benzene rings is 3. The number of amides is 2. The number of likely N-dealkylation sites (tertiary alicyclic amines) is 1. The van der Waals surface area contributed by atoms with E-state index in [4.69, 9.17) is 4.84 Å². The summed E-state index contributed by atoms with van der Waals surface area (Å²) in [5.41, 5.74) is 4.25. The van der Waals surface area contributed by atoms with Crippen molar-refractivity contribution in [3.05, 3.63) is 96.1 Å². The van der Waals surface area contributed by atoms with Gasteiger partial charge in [-0.15, -0.1) is 0 Å². The Morgan fingerprint density at radius 2 is 1.64 bits per heavy atom. The molecule has 1 heterocycles. The van der Waals surface area contributed by atoms with Gasteiger partial charge in [0.15, 0.2) is 0 Å². The van der Waals surface area contributed by atoms with Crippen LogP contribution in [-0.2, 0) is 9.63 Å². The van der Waals surface area contributed by atoms with Crippen LogP contribution in [0.3, 0.4) is 0 Å². The molecule has 1 fully saturated rings. The Morgan fingerprint density at radius 1 is 1.00 bits per heavy atom. The van der Waals surface area contributed by atoms with Gasteiger partial charge in [0, 0.05) is 31.0 Å². The van der Waals surface area contributed by atoms with Gasteiger partial charge in [0.25, 0.3) is 5.91 Å². The summed E-state index contributed by atoms with van der Waals surface area (Å²) in [4.78, 5) is 32.6. The van der Waals surface area contributed by atoms with E-state index in [1.165, 1.54) is 7.11 Å². The van der Waals surface area contributed by atoms with Gasteiger partial charge in [-0.3, -0.25) is 9.59 Å². The van der Waals surface area contributed by atoms with Crippen LogP contribution in [0.5, 0.6) is 0 Å². The monoisotopic (exact) mass is 485 g/mol. The normalized spacial score (nSPS) is 17.1. The number of carbonyl (C=O) groups excluding carboxylic acids is 2. The van der Waals surface area contributed by atoms with Crippen molar-refractivity contribution in [2.75, 3.05) is 20.2 Å². The van der Waals surface area contributed by atoms with E-state index in [0.717, 1.165) is 22.4 Å². The van der Waals surface area contributed by atoms with Gasteiger partial charge in [0.1, 0.15) is 7.11 Å². The van der Waals surface area contributed by atoms with E-state index < -0.39 is 6.10 Å². The quantitative estimate of drug-likeness (QED) is 0.445. The van der Waals surface area contributed by atoms with Gasteiger partial charge in [-0.25, -0.2) is 0 Å². The van der Waals surface area contributed by atoms with Gasteiger partial charge in [-0.1, -0.05) is 78.0 Å². The molecule has 1 unspecified atom stereocenters. The van der Waals surface area contributed by atoms with Crippen molar-refractivity contribution in [3.8, 4) is 11.1 Å². The van der Waals surface area contributed by atoms with Crippen LogP contribution in [0.15, 0.2) is 90.1 Å². The highest BCUT2D eigenvalue weighted by Crippen LogP contribution is 2.25. The third-order valence-electron chi connectivity index (χ3n) is 6.37. The van der Waals surface area contributed by atoms with Gasteiger partial charge >= 0.3 is 0 Å². The molecular weight excluding hydrogens is 454 g/mol. The van der Waals surface area contributed by atoms with E-state index in [-0.39, 0.29) is 30.8 Å². The molecule has 186 valence electrons. The number of nitrogens with zero attached hydrogens (tertiary/aromatic N) is 2. The minimum Gasteiger partial charge on any atom is -0.399 e. The van der Waals surface area contributed by atoms with Crippen molar-refractivity contribution in [1.82, 2.24) is 10.2 Å². The molecule has 2 amide bonds. The first-order valence-corrected chi connectivity index (χ1v) is 12.1. The van der Waals surface area contributed by atoms with Crippen LogP contribution < -0.4 is 5.32 Å². The second kappa shape index (κ2) is 12.1. The zero-order valence-electron chi connectivity index (χ0n) is 20.3. The maximum absolute atomic E-state index is 13.4. The first kappa shape index (κ1) is 25.1. The molecular formula is C29H31N3O4. The lowest BCUT2D eigenvalue weighted by Crippen LogP contribution is -2.37. The lowest BCUT2D eigenvalue weighted by atomic mass is 10.0. The summed E-state index contributed by atoms with van der Waals surface area (Å²) in [6, 6.07) is 26.6. The summed E-state index contributed by atoms with van der Waals surface area (Å²) in [5.74, 6) is -0.262. The number of hydrogen-bond donors (Lipinski definition) is 2. The highest BCUT2D eigenvalue weighted by Gasteiger charge is 2.34. The average Bonchev–Trinajstić information content (AvgIpc) is 3.34. The topological polar surface area (TPSA) is 91.2 Å². The molecule has 7 nitrogen and oxygen atoms in total. The minimum atomic E-state index is -0.765. The summed E-state index contributed by atoms with van der Waals surface area (Å²) in [7, 11) is 1.49. The van der Waals surface area contributed by atoms with Crippen LogP contribution in [0, 0.1) is 0 Å². The van der Waals surface area contributed by atoms with Crippen molar-refractivity contribution in [3.63, 3.8) is 0 Å². The number of carbonyl (C=O) groups is 2. The highest BCUT2D eigenvalue weighted by molar-refractivity contribution is 6.00. The van der Waals surface area contributed by atoms with Crippen LogP contribution in [0.2, 0.25) is 0 Å². The molecule has 0 aliphatic carbocycles. The van der Waals surface area contributed by atoms with Crippen molar-refractivity contribution < 1.29 is 19.5 Å². The van der Waals surface area contributed by atoms with Crippen molar-refractivity contribution in [2.45, 2.75) is 31.4 Å². The Hall–Kier alpha value is -3.97. The van der Waals surface area contributed by atoms with Crippen molar-refractivity contribution in [1.29, 1.82) is 0 Å². The van der Waals surface area contributed by atoms with Gasteiger partial charge in [-0.2, -0.15) is 0 Å². The first-order chi connectivity index (χ1) is 17.5. The predicted molar refractivity (Wildman–Crippen MR) is 139 cm³/mol. The Kier molecular flexibility index (Phi) is 8.47. The lowest BCUT2D eigenvalue weighted by Gasteiger charge is -2.24. The summed E-state index contributed by atoms with van der Waals surface area (Å²) >= 11 is 0. The maximum atomic E-state index is 13.4. The Morgan fingerprint density at radius 3 is 2.31 bits per heavy atom.